The smallest absolute Gasteiger partial charge is 0.319 e. The third kappa shape index (κ3) is 5.85. The highest BCUT2D eigenvalue weighted by atomic mass is 16.5. The maximum atomic E-state index is 11.6. The van der Waals surface area contributed by atoms with Crippen molar-refractivity contribution in [2.24, 2.45) is 0 Å². The number of carbonyl (C=O) groups is 1. The quantitative estimate of drug-likeness (QED) is 0.406. The lowest BCUT2D eigenvalue weighted by Gasteiger charge is -2.23. The number of urea groups is 1. The number of ether oxygens (including phenoxy) is 1. The second-order valence-corrected chi connectivity index (χ2v) is 6.90. The van der Waals surface area contributed by atoms with E-state index in [4.69, 9.17) is 4.74 Å². The van der Waals surface area contributed by atoms with Crippen molar-refractivity contribution in [1.29, 1.82) is 0 Å². The Morgan fingerprint density at radius 1 is 1.23 bits per heavy atom. The Morgan fingerprint density at radius 3 is 2.74 bits per heavy atom. The number of H-pyrrole nitrogens is 1. The Morgan fingerprint density at radius 2 is 2.03 bits per heavy atom. The fourth-order valence-corrected chi connectivity index (χ4v) is 3.35. The van der Waals surface area contributed by atoms with Crippen LogP contribution >= 0.6 is 0 Å². The highest BCUT2D eigenvalue weighted by Crippen LogP contribution is 2.33. The van der Waals surface area contributed by atoms with Gasteiger partial charge in [-0.2, -0.15) is 5.10 Å². The van der Waals surface area contributed by atoms with E-state index in [1.807, 2.05) is 39.0 Å². The van der Waals surface area contributed by atoms with Crippen molar-refractivity contribution in [1.82, 2.24) is 25.8 Å². The Bertz CT molecular complexity index is 966. The van der Waals surface area contributed by atoms with E-state index in [0.29, 0.717) is 35.4 Å². The van der Waals surface area contributed by atoms with Crippen molar-refractivity contribution in [2.45, 2.75) is 39.7 Å². The number of pyridine rings is 1. The molecule has 1 aromatic carbocycles. The number of anilines is 2. The van der Waals surface area contributed by atoms with Gasteiger partial charge in [-0.3, -0.25) is 5.10 Å². The van der Waals surface area contributed by atoms with Crippen molar-refractivity contribution in [3.63, 3.8) is 0 Å². The van der Waals surface area contributed by atoms with Gasteiger partial charge in [0.15, 0.2) is 11.5 Å². The van der Waals surface area contributed by atoms with Gasteiger partial charge in [0.25, 0.3) is 0 Å². The third-order valence-electron chi connectivity index (χ3n) is 4.74. The van der Waals surface area contributed by atoms with E-state index in [9.17, 15) is 4.79 Å². The van der Waals surface area contributed by atoms with E-state index in [1.165, 1.54) is 0 Å². The molecule has 1 unspecified atom stereocenters. The first-order valence-corrected chi connectivity index (χ1v) is 10.9. The number of nitrogens with zero attached hydrogens (tertiary/aromatic N) is 2. The first-order valence-electron chi connectivity index (χ1n) is 10.9. The molecule has 4 rings (SSSR count). The van der Waals surface area contributed by atoms with Crippen LogP contribution in [0.2, 0.25) is 0 Å². The van der Waals surface area contributed by atoms with Gasteiger partial charge in [0.2, 0.25) is 0 Å². The summed E-state index contributed by atoms with van der Waals surface area (Å²) in [6, 6.07) is 9.13. The van der Waals surface area contributed by atoms with Crippen LogP contribution in [0.5, 0.6) is 11.5 Å². The van der Waals surface area contributed by atoms with Crippen LogP contribution in [0.4, 0.5) is 16.3 Å². The molecule has 0 saturated carbocycles. The summed E-state index contributed by atoms with van der Waals surface area (Å²) >= 11 is 0. The van der Waals surface area contributed by atoms with Crippen molar-refractivity contribution < 1.29 is 9.53 Å². The second kappa shape index (κ2) is 11.2. The zero-order valence-electron chi connectivity index (χ0n) is 18.3. The molecule has 1 aliphatic rings. The summed E-state index contributed by atoms with van der Waals surface area (Å²) in [4.78, 5) is 16.0. The molecular weight excluding hydrogens is 394 g/mol. The largest absolute Gasteiger partial charge is 0.456 e. The van der Waals surface area contributed by atoms with Gasteiger partial charge in [-0.05, 0) is 50.6 Å². The maximum absolute atomic E-state index is 11.6. The minimum absolute atomic E-state index is 0.233. The van der Waals surface area contributed by atoms with E-state index < -0.39 is 0 Å². The molecule has 0 bridgehead atoms. The SMILES string of the molecule is CC.CCNC(=O)Nc1ccc(Oc2ccnc3[nH]nc(NC4CCCNC4)c23)cc1. The first-order chi connectivity index (χ1) is 15.2. The van der Waals surface area contributed by atoms with E-state index in [-0.39, 0.29) is 6.03 Å². The summed E-state index contributed by atoms with van der Waals surface area (Å²) in [7, 11) is 0. The molecule has 3 aromatic rings. The number of benzene rings is 1. The Labute approximate surface area is 182 Å². The molecule has 0 spiro atoms. The molecule has 1 aliphatic heterocycles. The number of rotatable bonds is 6. The summed E-state index contributed by atoms with van der Waals surface area (Å²) < 4.78 is 6.10. The Balaban J connectivity index is 0.00000132. The first kappa shape index (κ1) is 22.4. The summed E-state index contributed by atoms with van der Waals surface area (Å²) in [6.07, 6.45) is 3.92. The molecule has 1 fully saturated rings. The zero-order valence-corrected chi connectivity index (χ0v) is 18.3. The lowest BCUT2D eigenvalue weighted by molar-refractivity contribution is 0.252. The number of fused-ring (bicyclic) bond motifs is 1. The summed E-state index contributed by atoms with van der Waals surface area (Å²) in [5.41, 5.74) is 1.36. The molecule has 2 amide bonds. The Hall–Kier alpha value is -3.33. The number of amides is 2. The van der Waals surface area contributed by atoms with Crippen LogP contribution in [0.25, 0.3) is 11.0 Å². The topological polar surface area (TPSA) is 116 Å². The predicted molar refractivity (Wildman–Crippen MR) is 124 cm³/mol. The van der Waals surface area contributed by atoms with E-state index in [1.54, 1.807) is 18.3 Å². The van der Waals surface area contributed by atoms with Crippen molar-refractivity contribution in [3.05, 3.63) is 36.5 Å². The molecule has 9 heteroatoms. The molecular formula is C22H31N7O2. The van der Waals surface area contributed by atoms with Gasteiger partial charge < -0.3 is 26.0 Å². The Kier molecular flexibility index (Phi) is 8.05. The van der Waals surface area contributed by atoms with E-state index in [2.05, 4.69) is 36.4 Å². The van der Waals surface area contributed by atoms with Crippen LogP contribution in [0, 0.1) is 0 Å². The molecule has 166 valence electrons. The van der Waals surface area contributed by atoms with Crippen molar-refractivity contribution in [2.75, 3.05) is 30.3 Å². The molecule has 5 N–H and O–H groups in total. The van der Waals surface area contributed by atoms with Crippen LogP contribution in [0.15, 0.2) is 36.5 Å². The highest BCUT2D eigenvalue weighted by molar-refractivity contribution is 5.93. The number of hydrogen-bond acceptors (Lipinski definition) is 6. The number of aromatic nitrogens is 3. The lowest BCUT2D eigenvalue weighted by atomic mass is 10.1. The highest BCUT2D eigenvalue weighted by Gasteiger charge is 2.18. The number of aromatic amines is 1. The van der Waals surface area contributed by atoms with Crippen LogP contribution in [0.1, 0.15) is 33.6 Å². The van der Waals surface area contributed by atoms with Crippen LogP contribution < -0.4 is 26.0 Å². The third-order valence-corrected chi connectivity index (χ3v) is 4.74. The van der Waals surface area contributed by atoms with Gasteiger partial charge in [0.05, 0.1) is 0 Å². The van der Waals surface area contributed by atoms with E-state index in [0.717, 1.165) is 37.1 Å². The second-order valence-electron chi connectivity index (χ2n) is 6.90. The minimum Gasteiger partial charge on any atom is -0.456 e. The number of hydrogen-bond donors (Lipinski definition) is 5. The van der Waals surface area contributed by atoms with Crippen LogP contribution in [-0.2, 0) is 0 Å². The summed E-state index contributed by atoms with van der Waals surface area (Å²) in [6.45, 7) is 8.41. The molecule has 9 nitrogen and oxygen atoms in total. The van der Waals surface area contributed by atoms with Gasteiger partial charge in [-0.15, -0.1) is 0 Å². The minimum atomic E-state index is -0.233. The predicted octanol–water partition coefficient (Wildman–Crippen LogP) is 4.08. The molecule has 1 saturated heterocycles. The number of nitrogens with one attached hydrogen (secondary N) is 5. The van der Waals surface area contributed by atoms with Gasteiger partial charge in [-0.25, -0.2) is 9.78 Å². The summed E-state index contributed by atoms with van der Waals surface area (Å²) in [5.74, 6) is 2.07. The molecule has 1 atom stereocenters. The average Bonchev–Trinajstić information content (AvgIpc) is 3.21. The van der Waals surface area contributed by atoms with Gasteiger partial charge in [0.1, 0.15) is 16.9 Å². The average molecular weight is 426 g/mol. The van der Waals surface area contributed by atoms with Gasteiger partial charge >= 0.3 is 6.03 Å². The van der Waals surface area contributed by atoms with Crippen molar-refractivity contribution >= 4 is 28.6 Å². The van der Waals surface area contributed by atoms with Gasteiger partial charge in [-0.1, -0.05) is 13.8 Å². The molecule has 2 aromatic heterocycles. The zero-order chi connectivity index (χ0) is 22.1. The number of piperidine rings is 1. The van der Waals surface area contributed by atoms with E-state index >= 15 is 0 Å². The summed E-state index contributed by atoms with van der Waals surface area (Å²) in [5, 5.41) is 20.5. The fraction of sp³-hybridized carbons (Fsp3) is 0.409. The van der Waals surface area contributed by atoms with Gasteiger partial charge in [0, 0.05) is 37.1 Å². The molecule has 3 heterocycles. The van der Waals surface area contributed by atoms with Crippen LogP contribution in [0.3, 0.4) is 0 Å². The molecule has 0 aliphatic carbocycles. The van der Waals surface area contributed by atoms with Crippen LogP contribution in [-0.4, -0.2) is 46.9 Å². The van der Waals surface area contributed by atoms with Crippen molar-refractivity contribution in [3.8, 4) is 11.5 Å². The standard InChI is InChI=1S/C20H25N7O2.C2H6/c1-2-22-20(28)25-13-5-7-15(8-6-13)29-16-9-11-23-18-17(16)19(27-26-18)24-14-4-3-10-21-12-14;1-2/h5-9,11,14,21H,2-4,10,12H2,1H3,(H2,22,25,28)(H2,23,24,26,27);1-2H3. The lowest BCUT2D eigenvalue weighted by Crippen LogP contribution is -2.38. The normalized spacial score (nSPS) is 15.5. The molecule has 31 heavy (non-hydrogen) atoms. The fourth-order valence-electron chi connectivity index (χ4n) is 3.35. The number of carbonyl (C=O) groups excluding carboxylic acids is 1. The monoisotopic (exact) mass is 425 g/mol. The maximum Gasteiger partial charge on any atom is 0.319 e. The molecule has 0 radical (unpaired) electrons.